The van der Waals surface area contributed by atoms with Crippen LogP contribution in [0.25, 0.3) is 0 Å². The van der Waals surface area contributed by atoms with Gasteiger partial charge in [0.25, 0.3) is 0 Å². The lowest BCUT2D eigenvalue weighted by atomic mass is 9.93. The van der Waals surface area contributed by atoms with Gasteiger partial charge in [0.1, 0.15) is 5.75 Å². The molecule has 0 aliphatic carbocycles. The first-order valence-electron chi connectivity index (χ1n) is 6.78. The van der Waals surface area contributed by atoms with Crippen molar-refractivity contribution in [2.24, 2.45) is 5.92 Å². The van der Waals surface area contributed by atoms with Gasteiger partial charge in [0.15, 0.2) is 0 Å². The van der Waals surface area contributed by atoms with E-state index in [1.165, 1.54) is 18.5 Å². The van der Waals surface area contributed by atoms with Crippen molar-refractivity contribution in [1.29, 1.82) is 0 Å². The lowest BCUT2D eigenvalue weighted by Gasteiger charge is -2.32. The molecular formula is C15H24N2O. The van der Waals surface area contributed by atoms with Crippen LogP contribution in [-0.4, -0.2) is 33.3 Å². The fraction of sp³-hybridized carbons (Fsp3) is 0.600. The van der Waals surface area contributed by atoms with Gasteiger partial charge in [-0.2, -0.15) is 0 Å². The Hall–Kier alpha value is -1.22. The van der Waals surface area contributed by atoms with Crippen molar-refractivity contribution < 1.29 is 4.74 Å². The zero-order valence-corrected chi connectivity index (χ0v) is 11.6. The highest BCUT2D eigenvalue weighted by molar-refractivity contribution is 5.57. The molecule has 0 radical (unpaired) electrons. The third kappa shape index (κ3) is 3.16. The van der Waals surface area contributed by atoms with Crippen LogP contribution in [-0.2, 0) is 0 Å². The van der Waals surface area contributed by atoms with Crippen LogP contribution in [0.1, 0.15) is 19.8 Å². The zero-order valence-electron chi connectivity index (χ0n) is 11.6. The van der Waals surface area contributed by atoms with E-state index in [1.807, 2.05) is 12.1 Å². The molecule has 1 heterocycles. The summed E-state index contributed by atoms with van der Waals surface area (Å²) in [6.45, 7) is 4.52. The predicted octanol–water partition coefficient (Wildman–Crippen LogP) is 2.52. The van der Waals surface area contributed by atoms with Crippen LogP contribution >= 0.6 is 0 Å². The molecule has 1 aliphatic rings. The van der Waals surface area contributed by atoms with Crippen molar-refractivity contribution in [2.75, 3.05) is 32.1 Å². The topological polar surface area (TPSA) is 24.5 Å². The largest absolute Gasteiger partial charge is 0.495 e. The maximum atomic E-state index is 5.42. The number of benzene rings is 1. The van der Waals surface area contributed by atoms with Gasteiger partial charge >= 0.3 is 0 Å². The molecule has 1 saturated heterocycles. The molecule has 0 spiro atoms. The molecule has 0 aromatic heterocycles. The summed E-state index contributed by atoms with van der Waals surface area (Å²) < 4.78 is 5.42. The number of anilines is 1. The van der Waals surface area contributed by atoms with E-state index >= 15 is 0 Å². The predicted molar refractivity (Wildman–Crippen MR) is 76.5 cm³/mol. The zero-order chi connectivity index (χ0) is 13.0. The monoisotopic (exact) mass is 248 g/mol. The van der Waals surface area contributed by atoms with E-state index in [-0.39, 0.29) is 0 Å². The molecule has 1 aliphatic heterocycles. The molecule has 18 heavy (non-hydrogen) atoms. The molecule has 0 amide bonds. The van der Waals surface area contributed by atoms with Gasteiger partial charge in [0.2, 0.25) is 0 Å². The SMILES string of the molecule is COc1ccccc1N(C)CC1CCNC(C)C1. The summed E-state index contributed by atoms with van der Waals surface area (Å²) in [7, 11) is 3.89. The van der Waals surface area contributed by atoms with Gasteiger partial charge in [-0.25, -0.2) is 0 Å². The van der Waals surface area contributed by atoms with Gasteiger partial charge < -0.3 is 15.0 Å². The van der Waals surface area contributed by atoms with Crippen molar-refractivity contribution in [2.45, 2.75) is 25.8 Å². The Balaban J connectivity index is 2.00. The second-order valence-electron chi connectivity index (χ2n) is 5.30. The van der Waals surface area contributed by atoms with Crippen molar-refractivity contribution in [3.63, 3.8) is 0 Å². The standard InChI is InChI=1S/C15H24N2O/c1-12-10-13(8-9-16-12)11-17(2)14-6-4-5-7-15(14)18-3/h4-7,12-13,16H,8-11H2,1-3H3. The number of nitrogens with zero attached hydrogens (tertiary/aromatic N) is 1. The Kier molecular flexibility index (Phi) is 4.48. The number of para-hydroxylation sites is 2. The molecule has 1 aromatic rings. The van der Waals surface area contributed by atoms with E-state index in [2.05, 4.69) is 36.3 Å². The van der Waals surface area contributed by atoms with Crippen LogP contribution in [0, 0.1) is 5.92 Å². The Labute approximate surface area is 110 Å². The van der Waals surface area contributed by atoms with Crippen molar-refractivity contribution in [3.05, 3.63) is 24.3 Å². The van der Waals surface area contributed by atoms with Crippen LogP contribution in [0.4, 0.5) is 5.69 Å². The number of hydrogen-bond donors (Lipinski definition) is 1. The maximum Gasteiger partial charge on any atom is 0.142 e. The maximum absolute atomic E-state index is 5.42. The Morgan fingerprint density at radius 2 is 2.17 bits per heavy atom. The molecule has 0 saturated carbocycles. The Bertz CT molecular complexity index is 381. The molecule has 1 fully saturated rings. The molecule has 2 atom stereocenters. The van der Waals surface area contributed by atoms with Crippen LogP contribution in [0.3, 0.4) is 0 Å². The normalized spacial score (nSPS) is 23.7. The van der Waals surface area contributed by atoms with Gasteiger partial charge in [-0.1, -0.05) is 12.1 Å². The van der Waals surface area contributed by atoms with Crippen molar-refractivity contribution in [3.8, 4) is 5.75 Å². The molecule has 100 valence electrons. The molecule has 1 aromatic carbocycles. The summed E-state index contributed by atoms with van der Waals surface area (Å²) in [5, 5.41) is 3.50. The van der Waals surface area contributed by atoms with Crippen LogP contribution in [0.15, 0.2) is 24.3 Å². The summed E-state index contributed by atoms with van der Waals surface area (Å²) in [6.07, 6.45) is 2.53. The van der Waals surface area contributed by atoms with E-state index in [9.17, 15) is 0 Å². The Morgan fingerprint density at radius 1 is 1.39 bits per heavy atom. The summed E-state index contributed by atoms with van der Waals surface area (Å²) in [4.78, 5) is 2.32. The highest BCUT2D eigenvalue weighted by Gasteiger charge is 2.20. The van der Waals surface area contributed by atoms with E-state index in [1.54, 1.807) is 7.11 Å². The Morgan fingerprint density at radius 3 is 2.89 bits per heavy atom. The number of rotatable bonds is 4. The number of nitrogens with one attached hydrogen (secondary N) is 1. The van der Waals surface area contributed by atoms with Crippen molar-refractivity contribution >= 4 is 5.69 Å². The quantitative estimate of drug-likeness (QED) is 0.886. The van der Waals surface area contributed by atoms with E-state index in [0.717, 1.165) is 24.8 Å². The lowest BCUT2D eigenvalue weighted by Crippen LogP contribution is -2.39. The first-order valence-corrected chi connectivity index (χ1v) is 6.78. The molecule has 2 rings (SSSR count). The fourth-order valence-electron chi connectivity index (χ4n) is 2.83. The smallest absolute Gasteiger partial charge is 0.142 e. The van der Waals surface area contributed by atoms with E-state index in [0.29, 0.717) is 6.04 Å². The molecule has 1 N–H and O–H groups in total. The van der Waals surface area contributed by atoms with Crippen LogP contribution in [0.2, 0.25) is 0 Å². The molecular weight excluding hydrogens is 224 g/mol. The van der Waals surface area contributed by atoms with Crippen LogP contribution in [0.5, 0.6) is 5.75 Å². The van der Waals surface area contributed by atoms with Gasteiger partial charge in [0, 0.05) is 19.6 Å². The van der Waals surface area contributed by atoms with Crippen molar-refractivity contribution in [1.82, 2.24) is 5.32 Å². The van der Waals surface area contributed by atoms with Gasteiger partial charge in [-0.3, -0.25) is 0 Å². The third-order valence-corrected chi connectivity index (χ3v) is 3.76. The third-order valence-electron chi connectivity index (χ3n) is 3.76. The summed E-state index contributed by atoms with van der Waals surface area (Å²) >= 11 is 0. The van der Waals surface area contributed by atoms with Gasteiger partial charge in [0.05, 0.1) is 12.8 Å². The van der Waals surface area contributed by atoms with E-state index < -0.39 is 0 Å². The fourth-order valence-corrected chi connectivity index (χ4v) is 2.83. The summed E-state index contributed by atoms with van der Waals surface area (Å²) in [5.74, 6) is 1.73. The van der Waals surface area contributed by atoms with E-state index in [4.69, 9.17) is 4.74 Å². The lowest BCUT2D eigenvalue weighted by molar-refractivity contribution is 0.318. The number of methoxy groups -OCH3 is 1. The van der Waals surface area contributed by atoms with Gasteiger partial charge in [-0.05, 0) is 44.4 Å². The minimum absolute atomic E-state index is 0.648. The molecule has 0 bridgehead atoms. The number of ether oxygens (including phenoxy) is 1. The summed E-state index contributed by atoms with van der Waals surface area (Å²) in [5.41, 5.74) is 1.19. The minimum Gasteiger partial charge on any atom is -0.495 e. The van der Waals surface area contributed by atoms with Gasteiger partial charge in [-0.15, -0.1) is 0 Å². The minimum atomic E-state index is 0.648. The summed E-state index contributed by atoms with van der Waals surface area (Å²) in [6, 6.07) is 8.89. The second kappa shape index (κ2) is 6.10. The number of piperidine rings is 1. The molecule has 3 nitrogen and oxygen atoms in total. The molecule has 2 unspecified atom stereocenters. The molecule has 3 heteroatoms. The van der Waals surface area contributed by atoms with Crippen LogP contribution < -0.4 is 15.0 Å². The first kappa shape index (κ1) is 13.2. The average molecular weight is 248 g/mol. The second-order valence-corrected chi connectivity index (χ2v) is 5.30. The highest BCUT2D eigenvalue weighted by Crippen LogP contribution is 2.28. The highest BCUT2D eigenvalue weighted by atomic mass is 16.5. The first-order chi connectivity index (χ1) is 8.70. The number of hydrogen-bond acceptors (Lipinski definition) is 3. The average Bonchev–Trinajstić information content (AvgIpc) is 2.38.